The third-order valence-electron chi connectivity index (χ3n) is 4.60. The molecule has 0 spiro atoms. The third-order valence-corrected chi connectivity index (χ3v) is 6.14. The largest absolute Gasteiger partial charge is 0.352 e. The van der Waals surface area contributed by atoms with E-state index in [0.717, 1.165) is 30.1 Å². The topological polar surface area (TPSA) is 73.8 Å². The van der Waals surface area contributed by atoms with Crippen LogP contribution in [0.2, 0.25) is 0 Å². The van der Waals surface area contributed by atoms with Crippen LogP contribution in [0.15, 0.2) is 53.5 Å². The standard InChI is InChI=1S/C21H28N4O2S.HI/c1-16(2)24-28(26,27)15-18-10-8-17(9-11-18)14-23-21(22-3)25-13-12-19-6-4-5-7-20(19)25;/h4-11,16,24H,12-15H2,1-3H3,(H,22,23);1H. The van der Waals surface area contributed by atoms with Crippen molar-refractivity contribution in [3.8, 4) is 0 Å². The minimum absolute atomic E-state index is 0. The summed E-state index contributed by atoms with van der Waals surface area (Å²) < 4.78 is 26.7. The van der Waals surface area contributed by atoms with Gasteiger partial charge in [0.05, 0.1) is 5.75 Å². The predicted octanol–water partition coefficient (Wildman–Crippen LogP) is 3.27. The molecule has 29 heavy (non-hydrogen) atoms. The molecule has 0 atom stereocenters. The summed E-state index contributed by atoms with van der Waals surface area (Å²) >= 11 is 0. The molecule has 1 aliphatic heterocycles. The van der Waals surface area contributed by atoms with E-state index < -0.39 is 10.0 Å². The summed E-state index contributed by atoms with van der Waals surface area (Å²) in [6.45, 7) is 5.18. The number of halogens is 1. The summed E-state index contributed by atoms with van der Waals surface area (Å²) in [6, 6.07) is 15.9. The minimum Gasteiger partial charge on any atom is -0.352 e. The molecule has 0 aliphatic carbocycles. The molecular weight excluding hydrogens is 499 g/mol. The first-order chi connectivity index (χ1) is 13.4. The summed E-state index contributed by atoms with van der Waals surface area (Å²) in [4.78, 5) is 6.62. The number of aliphatic imine (C=N–C) groups is 1. The van der Waals surface area contributed by atoms with E-state index in [1.54, 1.807) is 7.05 Å². The molecule has 2 aromatic carbocycles. The van der Waals surface area contributed by atoms with Crippen LogP contribution in [0.4, 0.5) is 5.69 Å². The number of sulfonamides is 1. The molecule has 0 fully saturated rings. The predicted molar refractivity (Wildman–Crippen MR) is 130 cm³/mol. The first kappa shape index (κ1) is 23.6. The molecule has 8 heteroatoms. The number of para-hydroxylation sites is 1. The first-order valence-corrected chi connectivity index (χ1v) is 11.2. The van der Waals surface area contributed by atoms with Gasteiger partial charge in [0.1, 0.15) is 0 Å². The zero-order valence-electron chi connectivity index (χ0n) is 17.1. The quantitative estimate of drug-likeness (QED) is 0.343. The third kappa shape index (κ3) is 6.42. The Labute approximate surface area is 190 Å². The SMILES string of the molecule is CN=C(NCc1ccc(CS(=O)(=O)NC(C)C)cc1)N1CCc2ccccc21.I. The van der Waals surface area contributed by atoms with E-state index in [4.69, 9.17) is 0 Å². The van der Waals surface area contributed by atoms with Gasteiger partial charge >= 0.3 is 0 Å². The van der Waals surface area contributed by atoms with Gasteiger partial charge in [-0.3, -0.25) is 4.99 Å². The smallest absolute Gasteiger partial charge is 0.216 e. The Kier molecular flexibility index (Phi) is 8.47. The van der Waals surface area contributed by atoms with Gasteiger partial charge in [-0.05, 0) is 43.0 Å². The lowest BCUT2D eigenvalue weighted by molar-refractivity contribution is 0.569. The second-order valence-electron chi connectivity index (χ2n) is 7.28. The number of nitrogens with one attached hydrogen (secondary N) is 2. The van der Waals surface area contributed by atoms with E-state index >= 15 is 0 Å². The molecule has 1 heterocycles. The van der Waals surface area contributed by atoms with Crippen LogP contribution in [-0.2, 0) is 28.7 Å². The van der Waals surface area contributed by atoms with Gasteiger partial charge < -0.3 is 10.2 Å². The Hall–Kier alpha value is -1.65. The van der Waals surface area contributed by atoms with Crippen LogP contribution >= 0.6 is 24.0 Å². The summed E-state index contributed by atoms with van der Waals surface area (Å²) in [5.74, 6) is 0.836. The molecule has 0 bridgehead atoms. The Morgan fingerprint density at radius 3 is 2.41 bits per heavy atom. The van der Waals surface area contributed by atoms with Crippen LogP contribution in [0, 0.1) is 0 Å². The van der Waals surface area contributed by atoms with Crippen LogP contribution in [0.25, 0.3) is 0 Å². The van der Waals surface area contributed by atoms with E-state index in [-0.39, 0.29) is 35.8 Å². The van der Waals surface area contributed by atoms with E-state index in [1.807, 2.05) is 44.2 Å². The monoisotopic (exact) mass is 528 g/mol. The first-order valence-electron chi connectivity index (χ1n) is 9.52. The van der Waals surface area contributed by atoms with Gasteiger partial charge in [-0.2, -0.15) is 0 Å². The van der Waals surface area contributed by atoms with E-state index in [1.165, 1.54) is 11.3 Å². The molecule has 158 valence electrons. The lowest BCUT2D eigenvalue weighted by Gasteiger charge is -2.22. The van der Waals surface area contributed by atoms with Crippen molar-refractivity contribution >= 4 is 45.6 Å². The van der Waals surface area contributed by atoms with Crippen molar-refractivity contribution < 1.29 is 8.42 Å². The van der Waals surface area contributed by atoms with Crippen LogP contribution in [0.3, 0.4) is 0 Å². The molecule has 3 rings (SSSR count). The molecule has 0 aromatic heterocycles. The maximum absolute atomic E-state index is 12.1. The highest BCUT2D eigenvalue weighted by Crippen LogP contribution is 2.27. The molecule has 6 nitrogen and oxygen atoms in total. The van der Waals surface area contributed by atoms with Crippen LogP contribution in [0.1, 0.15) is 30.5 Å². The fourth-order valence-corrected chi connectivity index (χ4v) is 4.84. The van der Waals surface area contributed by atoms with Gasteiger partial charge in [0, 0.05) is 31.9 Å². The Morgan fingerprint density at radius 1 is 1.10 bits per heavy atom. The second kappa shape index (κ2) is 10.4. The molecule has 1 aliphatic rings. The number of guanidine groups is 1. The molecule has 2 N–H and O–H groups in total. The number of hydrogen-bond acceptors (Lipinski definition) is 3. The molecule has 0 saturated heterocycles. The minimum atomic E-state index is -3.31. The van der Waals surface area contributed by atoms with E-state index in [2.05, 4.69) is 38.1 Å². The lowest BCUT2D eigenvalue weighted by atomic mass is 10.1. The van der Waals surface area contributed by atoms with E-state index in [0.29, 0.717) is 6.54 Å². The summed E-state index contributed by atoms with van der Waals surface area (Å²) in [7, 11) is -1.52. The number of nitrogens with zero attached hydrogens (tertiary/aromatic N) is 2. The average Bonchev–Trinajstić information content (AvgIpc) is 3.06. The van der Waals surface area contributed by atoms with E-state index in [9.17, 15) is 8.42 Å². The molecule has 0 saturated carbocycles. The fraction of sp³-hybridized carbons (Fsp3) is 0.381. The highest BCUT2D eigenvalue weighted by molar-refractivity contribution is 14.0. The van der Waals surface area contributed by atoms with Crippen LogP contribution in [-0.4, -0.2) is 34.0 Å². The highest BCUT2D eigenvalue weighted by Gasteiger charge is 2.22. The normalized spacial score (nSPS) is 13.9. The summed E-state index contributed by atoms with van der Waals surface area (Å²) in [5.41, 5.74) is 4.39. The van der Waals surface area contributed by atoms with Gasteiger partial charge in [-0.25, -0.2) is 13.1 Å². The summed E-state index contributed by atoms with van der Waals surface area (Å²) in [5, 5.41) is 3.41. The second-order valence-corrected chi connectivity index (χ2v) is 9.03. The van der Waals surface area contributed by atoms with Crippen molar-refractivity contribution in [2.24, 2.45) is 4.99 Å². The summed E-state index contributed by atoms with van der Waals surface area (Å²) in [6.07, 6.45) is 1.02. The van der Waals surface area contributed by atoms with Crippen LogP contribution < -0.4 is 14.9 Å². The fourth-order valence-electron chi connectivity index (χ4n) is 3.41. The number of benzene rings is 2. The number of anilines is 1. The van der Waals surface area contributed by atoms with Crippen LogP contribution in [0.5, 0.6) is 0 Å². The highest BCUT2D eigenvalue weighted by atomic mass is 127. The lowest BCUT2D eigenvalue weighted by Crippen LogP contribution is -2.40. The van der Waals surface area contributed by atoms with Gasteiger partial charge in [0.25, 0.3) is 0 Å². The molecule has 0 amide bonds. The Balaban J connectivity index is 0.00000300. The average molecular weight is 528 g/mol. The van der Waals surface area contributed by atoms with Crippen molar-refractivity contribution in [2.75, 3.05) is 18.5 Å². The van der Waals surface area contributed by atoms with Gasteiger partial charge in [-0.15, -0.1) is 24.0 Å². The van der Waals surface area contributed by atoms with Gasteiger partial charge in [-0.1, -0.05) is 42.5 Å². The van der Waals surface area contributed by atoms with Crippen molar-refractivity contribution in [1.29, 1.82) is 0 Å². The van der Waals surface area contributed by atoms with Crippen molar-refractivity contribution in [3.63, 3.8) is 0 Å². The maximum atomic E-state index is 12.1. The Morgan fingerprint density at radius 2 is 1.76 bits per heavy atom. The van der Waals surface area contributed by atoms with Crippen molar-refractivity contribution in [2.45, 2.75) is 38.6 Å². The molecular formula is C21H29IN4O2S. The Bertz CT molecular complexity index is 943. The number of rotatable bonds is 6. The van der Waals surface area contributed by atoms with Crippen molar-refractivity contribution in [3.05, 3.63) is 65.2 Å². The molecule has 2 aromatic rings. The zero-order chi connectivity index (χ0) is 20.1. The van der Waals surface area contributed by atoms with Gasteiger partial charge in [0.2, 0.25) is 10.0 Å². The van der Waals surface area contributed by atoms with Gasteiger partial charge in [0.15, 0.2) is 5.96 Å². The zero-order valence-corrected chi connectivity index (χ0v) is 20.2. The van der Waals surface area contributed by atoms with Crippen molar-refractivity contribution in [1.82, 2.24) is 10.0 Å². The molecule has 0 unspecified atom stereocenters. The maximum Gasteiger partial charge on any atom is 0.216 e. The number of hydrogen-bond donors (Lipinski definition) is 2. The molecule has 0 radical (unpaired) electrons. The number of fused-ring (bicyclic) bond motifs is 1.